The molecular weight excluding hydrogens is 198 g/mol. The predicted molar refractivity (Wildman–Crippen MR) is 67.0 cm³/mol. The molecule has 1 atom stereocenters. The smallest absolute Gasteiger partial charge is 0.119 e. The minimum Gasteiger partial charge on any atom is -0.489 e. The van der Waals surface area contributed by atoms with E-state index in [-0.39, 0.29) is 0 Å². The Morgan fingerprint density at radius 1 is 1.31 bits per heavy atom. The summed E-state index contributed by atoms with van der Waals surface area (Å²) in [4.78, 5) is 0. The number of hydrogen-bond acceptors (Lipinski definition) is 2. The maximum absolute atomic E-state index is 5.87. The van der Waals surface area contributed by atoms with E-state index < -0.39 is 0 Å². The predicted octanol–water partition coefficient (Wildman–Crippen LogP) is 2.77. The highest BCUT2D eigenvalue weighted by molar-refractivity contribution is 5.27. The lowest BCUT2D eigenvalue weighted by Crippen LogP contribution is -2.19. The normalized spacial score (nSPS) is 19.9. The lowest BCUT2D eigenvalue weighted by molar-refractivity contribution is 0.223. The molecule has 1 aliphatic heterocycles. The topological polar surface area (TPSA) is 21.3 Å². The van der Waals surface area contributed by atoms with Crippen molar-refractivity contribution in [3.8, 4) is 5.75 Å². The summed E-state index contributed by atoms with van der Waals surface area (Å²) in [7, 11) is 0. The lowest BCUT2D eigenvalue weighted by Gasteiger charge is -2.12. The zero-order valence-electron chi connectivity index (χ0n) is 10.0. The molecule has 2 nitrogen and oxygen atoms in total. The van der Waals surface area contributed by atoms with Gasteiger partial charge < -0.3 is 10.1 Å². The van der Waals surface area contributed by atoms with E-state index in [1.165, 1.54) is 24.8 Å². The minimum absolute atomic E-state index is 0.362. The number of unbranched alkanes of at least 4 members (excludes halogenated alkanes) is 1. The Morgan fingerprint density at radius 2 is 2.12 bits per heavy atom. The number of hydrogen-bond donors (Lipinski definition) is 1. The first kappa shape index (κ1) is 11.5. The Bertz CT molecular complexity index is 301. The number of ether oxygens (including phenoxy) is 1. The molecule has 0 aliphatic carbocycles. The molecule has 1 heterocycles. The van der Waals surface area contributed by atoms with Gasteiger partial charge in [0.05, 0.1) is 0 Å². The van der Waals surface area contributed by atoms with E-state index in [1.807, 2.05) is 0 Å². The van der Waals surface area contributed by atoms with Crippen LogP contribution in [0.15, 0.2) is 24.3 Å². The van der Waals surface area contributed by atoms with Crippen molar-refractivity contribution >= 4 is 0 Å². The lowest BCUT2D eigenvalue weighted by atomic mass is 10.1. The van der Waals surface area contributed by atoms with Crippen LogP contribution in [0.2, 0.25) is 0 Å². The van der Waals surface area contributed by atoms with Crippen LogP contribution in [0.5, 0.6) is 5.75 Å². The van der Waals surface area contributed by atoms with Crippen molar-refractivity contribution in [2.24, 2.45) is 0 Å². The van der Waals surface area contributed by atoms with Crippen molar-refractivity contribution in [3.63, 3.8) is 0 Å². The first-order chi connectivity index (χ1) is 7.88. The zero-order chi connectivity index (χ0) is 11.2. The summed E-state index contributed by atoms with van der Waals surface area (Å²) in [5.41, 5.74) is 1.42. The standard InChI is InChI=1S/C14H21NO/c1-2-3-4-12-5-7-13(8-6-12)16-14-9-10-15-11-14/h5-8,14-15H,2-4,9-11H2,1H3/t14-/m0/s1. The van der Waals surface area contributed by atoms with Gasteiger partial charge >= 0.3 is 0 Å². The highest BCUT2D eigenvalue weighted by atomic mass is 16.5. The molecule has 0 aromatic heterocycles. The molecule has 0 radical (unpaired) electrons. The summed E-state index contributed by atoms with van der Waals surface area (Å²) in [6.45, 7) is 4.29. The van der Waals surface area contributed by atoms with Gasteiger partial charge in [-0.25, -0.2) is 0 Å². The summed E-state index contributed by atoms with van der Waals surface area (Å²) in [6.07, 6.45) is 5.19. The summed E-state index contributed by atoms with van der Waals surface area (Å²) < 4.78 is 5.87. The van der Waals surface area contributed by atoms with Crippen molar-refractivity contribution in [2.45, 2.75) is 38.7 Å². The van der Waals surface area contributed by atoms with Gasteiger partial charge in [0.2, 0.25) is 0 Å². The van der Waals surface area contributed by atoms with Crippen LogP contribution < -0.4 is 10.1 Å². The van der Waals surface area contributed by atoms with Gasteiger partial charge in [-0.05, 0) is 43.5 Å². The monoisotopic (exact) mass is 219 g/mol. The van der Waals surface area contributed by atoms with Crippen molar-refractivity contribution in [1.82, 2.24) is 5.32 Å². The summed E-state index contributed by atoms with van der Waals surface area (Å²) >= 11 is 0. The van der Waals surface area contributed by atoms with Crippen molar-refractivity contribution in [2.75, 3.05) is 13.1 Å². The maximum Gasteiger partial charge on any atom is 0.119 e. The highest BCUT2D eigenvalue weighted by Gasteiger charge is 2.15. The Kier molecular flexibility index (Phi) is 4.23. The second kappa shape index (κ2) is 5.90. The third-order valence-corrected chi connectivity index (χ3v) is 3.06. The fourth-order valence-corrected chi connectivity index (χ4v) is 2.04. The Hall–Kier alpha value is -1.02. The van der Waals surface area contributed by atoms with Crippen LogP contribution in [0.4, 0.5) is 0 Å². The largest absolute Gasteiger partial charge is 0.489 e. The minimum atomic E-state index is 0.362. The molecule has 1 aromatic carbocycles. The first-order valence-electron chi connectivity index (χ1n) is 6.35. The van der Waals surface area contributed by atoms with E-state index in [9.17, 15) is 0 Å². The van der Waals surface area contributed by atoms with Gasteiger partial charge in [-0.3, -0.25) is 0 Å². The zero-order valence-corrected chi connectivity index (χ0v) is 10.0. The third kappa shape index (κ3) is 3.24. The Morgan fingerprint density at radius 3 is 2.75 bits per heavy atom. The van der Waals surface area contributed by atoms with Crippen molar-refractivity contribution in [3.05, 3.63) is 29.8 Å². The summed E-state index contributed by atoms with van der Waals surface area (Å²) in [5, 5.41) is 3.31. The van der Waals surface area contributed by atoms with Gasteiger partial charge in [0.1, 0.15) is 11.9 Å². The molecule has 1 saturated heterocycles. The number of rotatable bonds is 5. The van der Waals surface area contributed by atoms with E-state index in [0.717, 1.165) is 25.3 Å². The van der Waals surface area contributed by atoms with Crippen molar-refractivity contribution < 1.29 is 4.74 Å². The molecule has 88 valence electrons. The maximum atomic E-state index is 5.87. The molecule has 16 heavy (non-hydrogen) atoms. The van der Waals surface area contributed by atoms with Crippen LogP contribution >= 0.6 is 0 Å². The number of nitrogens with one attached hydrogen (secondary N) is 1. The molecule has 1 N–H and O–H groups in total. The molecular formula is C14H21NO. The molecule has 0 unspecified atom stereocenters. The van der Waals surface area contributed by atoms with Crippen LogP contribution in [0.1, 0.15) is 31.7 Å². The third-order valence-electron chi connectivity index (χ3n) is 3.06. The van der Waals surface area contributed by atoms with E-state index >= 15 is 0 Å². The van der Waals surface area contributed by atoms with Gasteiger partial charge in [0.25, 0.3) is 0 Å². The average molecular weight is 219 g/mol. The SMILES string of the molecule is CCCCc1ccc(O[C@H]2CCNC2)cc1. The number of benzene rings is 1. The van der Waals surface area contributed by atoms with Crippen molar-refractivity contribution in [1.29, 1.82) is 0 Å². The second-order valence-electron chi connectivity index (χ2n) is 4.48. The Labute approximate surface area is 98.0 Å². The van der Waals surface area contributed by atoms with E-state index in [0.29, 0.717) is 6.10 Å². The molecule has 1 aliphatic rings. The molecule has 1 fully saturated rings. The van der Waals surface area contributed by atoms with Crippen LogP contribution in [0.3, 0.4) is 0 Å². The highest BCUT2D eigenvalue weighted by Crippen LogP contribution is 2.17. The summed E-state index contributed by atoms with van der Waals surface area (Å²) in [6, 6.07) is 8.58. The molecule has 0 spiro atoms. The summed E-state index contributed by atoms with van der Waals surface area (Å²) in [5.74, 6) is 1.01. The molecule has 0 saturated carbocycles. The Balaban J connectivity index is 1.86. The van der Waals surface area contributed by atoms with Gasteiger partial charge in [-0.15, -0.1) is 0 Å². The molecule has 2 rings (SSSR count). The van der Waals surface area contributed by atoms with E-state index in [1.54, 1.807) is 0 Å². The van der Waals surface area contributed by atoms with Gasteiger partial charge in [0.15, 0.2) is 0 Å². The molecule has 0 bridgehead atoms. The van der Waals surface area contributed by atoms with Gasteiger partial charge in [-0.2, -0.15) is 0 Å². The second-order valence-corrected chi connectivity index (χ2v) is 4.48. The number of aryl methyl sites for hydroxylation is 1. The average Bonchev–Trinajstić information content (AvgIpc) is 2.81. The van der Waals surface area contributed by atoms with E-state index in [2.05, 4.69) is 36.5 Å². The van der Waals surface area contributed by atoms with E-state index in [4.69, 9.17) is 4.74 Å². The molecule has 2 heteroatoms. The van der Waals surface area contributed by atoms with Gasteiger partial charge in [0, 0.05) is 6.54 Å². The first-order valence-corrected chi connectivity index (χ1v) is 6.35. The quantitative estimate of drug-likeness (QED) is 0.822. The van der Waals surface area contributed by atoms with Crippen LogP contribution in [0, 0.1) is 0 Å². The van der Waals surface area contributed by atoms with Crippen LogP contribution in [0.25, 0.3) is 0 Å². The van der Waals surface area contributed by atoms with Gasteiger partial charge in [-0.1, -0.05) is 25.5 Å². The molecule has 0 amide bonds. The fourth-order valence-electron chi connectivity index (χ4n) is 2.04. The van der Waals surface area contributed by atoms with Crippen LogP contribution in [-0.4, -0.2) is 19.2 Å². The fraction of sp³-hybridized carbons (Fsp3) is 0.571. The van der Waals surface area contributed by atoms with Crippen LogP contribution in [-0.2, 0) is 6.42 Å². The molecule has 1 aromatic rings.